The predicted molar refractivity (Wildman–Crippen MR) is 105 cm³/mol. The minimum Gasteiger partial charge on any atom is -0.394 e. The van der Waals surface area contributed by atoms with Crippen LogP contribution < -0.4 is 10.6 Å². The summed E-state index contributed by atoms with van der Waals surface area (Å²) >= 11 is 6.02. The Morgan fingerprint density at radius 2 is 1.97 bits per heavy atom. The molecule has 0 unspecified atom stereocenters. The summed E-state index contributed by atoms with van der Waals surface area (Å²) in [4.78, 5) is 12.6. The largest absolute Gasteiger partial charge is 0.418 e. The van der Waals surface area contributed by atoms with E-state index >= 15 is 0 Å². The van der Waals surface area contributed by atoms with Crippen LogP contribution in [0.25, 0.3) is 11.3 Å². The summed E-state index contributed by atoms with van der Waals surface area (Å²) in [5, 5.41) is 14.7. The molecular weight excluding hydrogens is 407 g/mol. The van der Waals surface area contributed by atoms with Crippen LogP contribution in [0.5, 0.6) is 0 Å². The molecular formula is C19H17ClF3N5O. The molecule has 0 saturated heterocycles. The lowest BCUT2D eigenvalue weighted by molar-refractivity contribution is -0.136. The molecule has 0 bridgehead atoms. The quantitative estimate of drug-likeness (QED) is 0.531. The Morgan fingerprint density at radius 1 is 1.17 bits per heavy atom. The van der Waals surface area contributed by atoms with Gasteiger partial charge in [0.15, 0.2) is 0 Å². The second kappa shape index (κ2) is 8.62. The van der Waals surface area contributed by atoms with Gasteiger partial charge in [0.2, 0.25) is 5.95 Å². The Morgan fingerprint density at radius 3 is 2.62 bits per heavy atom. The molecule has 0 spiro atoms. The zero-order valence-corrected chi connectivity index (χ0v) is 16.0. The molecule has 0 saturated carbocycles. The number of aliphatic hydroxyl groups excluding tert-OH is 1. The molecule has 0 fully saturated rings. The van der Waals surface area contributed by atoms with Crippen molar-refractivity contribution in [2.75, 3.05) is 17.2 Å². The zero-order valence-electron chi connectivity index (χ0n) is 15.2. The van der Waals surface area contributed by atoms with E-state index < -0.39 is 11.7 Å². The van der Waals surface area contributed by atoms with Crippen LogP contribution in [0.4, 0.5) is 30.6 Å². The number of hydrogen-bond acceptors (Lipinski definition) is 6. The standard InChI is InChI=1S/C19H17ClF3N5O/c1-11(10-29)25-18-26-15(12-4-3-7-24-9-12)8-16(28-18)27-17-13(19(21,22)23)5-2-6-14(17)20/h2-9,11,29H,10H2,1H3,(H2,25,26,27,28)/t11-/m0/s1. The van der Waals surface area contributed by atoms with Gasteiger partial charge in [-0.2, -0.15) is 18.2 Å². The van der Waals surface area contributed by atoms with Crippen molar-refractivity contribution in [2.24, 2.45) is 0 Å². The number of aliphatic hydroxyl groups is 1. The van der Waals surface area contributed by atoms with E-state index in [1.54, 1.807) is 31.5 Å². The van der Waals surface area contributed by atoms with Crippen molar-refractivity contribution >= 4 is 29.1 Å². The van der Waals surface area contributed by atoms with Crippen molar-refractivity contribution in [3.05, 3.63) is 59.4 Å². The Balaban J connectivity index is 2.07. The number of alkyl halides is 3. The molecule has 0 aliphatic carbocycles. The SMILES string of the molecule is C[C@@H](CO)Nc1nc(Nc2c(Cl)cccc2C(F)(F)F)cc(-c2cccnc2)n1. The van der Waals surface area contributed by atoms with Crippen LogP contribution >= 0.6 is 11.6 Å². The third-order valence-electron chi connectivity index (χ3n) is 3.90. The van der Waals surface area contributed by atoms with Crippen molar-refractivity contribution in [3.8, 4) is 11.3 Å². The van der Waals surface area contributed by atoms with E-state index in [1.165, 1.54) is 18.2 Å². The lowest BCUT2D eigenvalue weighted by Crippen LogP contribution is -2.21. The third kappa shape index (κ3) is 5.12. The molecule has 152 valence electrons. The number of benzene rings is 1. The fourth-order valence-corrected chi connectivity index (χ4v) is 2.74. The third-order valence-corrected chi connectivity index (χ3v) is 4.22. The summed E-state index contributed by atoms with van der Waals surface area (Å²) in [5.41, 5.74) is -0.139. The molecule has 6 nitrogen and oxygen atoms in total. The molecule has 3 aromatic rings. The lowest BCUT2D eigenvalue weighted by Gasteiger charge is -2.17. The summed E-state index contributed by atoms with van der Waals surface area (Å²) in [6.07, 6.45) is -1.43. The number of hydrogen-bond donors (Lipinski definition) is 3. The van der Waals surface area contributed by atoms with Crippen LogP contribution in [-0.2, 0) is 6.18 Å². The van der Waals surface area contributed by atoms with Crippen molar-refractivity contribution in [3.63, 3.8) is 0 Å². The van der Waals surface area contributed by atoms with Gasteiger partial charge in [0.1, 0.15) is 5.82 Å². The predicted octanol–water partition coefficient (Wildman–Crippen LogP) is 4.75. The Hall–Kier alpha value is -2.91. The van der Waals surface area contributed by atoms with E-state index in [-0.39, 0.29) is 35.1 Å². The van der Waals surface area contributed by atoms with Gasteiger partial charge < -0.3 is 15.7 Å². The first-order chi connectivity index (χ1) is 13.8. The summed E-state index contributed by atoms with van der Waals surface area (Å²) in [6.45, 7) is 1.54. The van der Waals surface area contributed by atoms with Crippen LogP contribution in [0, 0.1) is 0 Å². The molecule has 0 radical (unpaired) electrons. The first kappa shape index (κ1) is 20.8. The normalized spacial score (nSPS) is 12.5. The highest BCUT2D eigenvalue weighted by Gasteiger charge is 2.34. The molecule has 0 amide bonds. The van der Waals surface area contributed by atoms with Gasteiger partial charge in [0, 0.05) is 30.1 Å². The number of anilines is 3. The van der Waals surface area contributed by atoms with E-state index in [1.807, 2.05) is 0 Å². The fourth-order valence-electron chi connectivity index (χ4n) is 2.52. The van der Waals surface area contributed by atoms with Gasteiger partial charge in [0.25, 0.3) is 0 Å². The monoisotopic (exact) mass is 423 g/mol. The second-order valence-electron chi connectivity index (χ2n) is 6.22. The van der Waals surface area contributed by atoms with Crippen LogP contribution in [0.15, 0.2) is 48.8 Å². The maximum absolute atomic E-state index is 13.4. The summed E-state index contributed by atoms with van der Waals surface area (Å²) in [7, 11) is 0. The van der Waals surface area contributed by atoms with Crippen LogP contribution in [0.1, 0.15) is 12.5 Å². The Kier molecular flexibility index (Phi) is 6.19. The van der Waals surface area contributed by atoms with E-state index in [9.17, 15) is 18.3 Å². The molecule has 29 heavy (non-hydrogen) atoms. The molecule has 0 aliphatic rings. The topological polar surface area (TPSA) is 83.0 Å². The van der Waals surface area contributed by atoms with Crippen molar-refractivity contribution in [1.82, 2.24) is 15.0 Å². The Labute approximate surface area is 169 Å². The number of aromatic nitrogens is 3. The first-order valence-electron chi connectivity index (χ1n) is 8.57. The van der Waals surface area contributed by atoms with E-state index in [2.05, 4.69) is 25.6 Å². The van der Waals surface area contributed by atoms with Gasteiger partial charge in [0.05, 0.1) is 28.6 Å². The molecule has 1 aromatic carbocycles. The molecule has 10 heteroatoms. The van der Waals surface area contributed by atoms with E-state index in [4.69, 9.17) is 11.6 Å². The highest BCUT2D eigenvalue weighted by Crippen LogP contribution is 2.40. The molecule has 1 atom stereocenters. The van der Waals surface area contributed by atoms with Gasteiger partial charge in [-0.1, -0.05) is 17.7 Å². The lowest BCUT2D eigenvalue weighted by atomic mass is 10.1. The number of rotatable bonds is 6. The molecule has 2 heterocycles. The van der Waals surface area contributed by atoms with Crippen molar-refractivity contribution in [2.45, 2.75) is 19.1 Å². The highest BCUT2D eigenvalue weighted by atomic mass is 35.5. The van der Waals surface area contributed by atoms with E-state index in [0.717, 1.165) is 6.07 Å². The Bertz CT molecular complexity index is 985. The molecule has 3 rings (SSSR count). The van der Waals surface area contributed by atoms with Gasteiger partial charge >= 0.3 is 6.18 Å². The summed E-state index contributed by atoms with van der Waals surface area (Å²) < 4.78 is 40.2. The maximum atomic E-state index is 13.4. The molecule has 2 aromatic heterocycles. The number of nitrogens with zero attached hydrogens (tertiary/aromatic N) is 3. The van der Waals surface area contributed by atoms with Gasteiger partial charge in [-0.05, 0) is 31.2 Å². The zero-order chi connectivity index (χ0) is 21.0. The van der Waals surface area contributed by atoms with Crippen LogP contribution in [0.2, 0.25) is 5.02 Å². The fraction of sp³-hybridized carbons (Fsp3) is 0.211. The summed E-state index contributed by atoms with van der Waals surface area (Å²) in [6, 6.07) is 8.12. The van der Waals surface area contributed by atoms with Gasteiger partial charge in [-0.15, -0.1) is 0 Å². The molecule has 0 aliphatic heterocycles. The summed E-state index contributed by atoms with van der Waals surface area (Å²) in [5.74, 6) is 0.237. The molecule has 3 N–H and O–H groups in total. The maximum Gasteiger partial charge on any atom is 0.418 e. The van der Waals surface area contributed by atoms with Crippen LogP contribution in [0.3, 0.4) is 0 Å². The second-order valence-corrected chi connectivity index (χ2v) is 6.62. The highest BCUT2D eigenvalue weighted by molar-refractivity contribution is 6.33. The first-order valence-corrected chi connectivity index (χ1v) is 8.95. The van der Waals surface area contributed by atoms with Gasteiger partial charge in [-0.25, -0.2) is 4.98 Å². The average molecular weight is 424 g/mol. The van der Waals surface area contributed by atoms with Crippen LogP contribution in [-0.4, -0.2) is 32.7 Å². The van der Waals surface area contributed by atoms with Crippen molar-refractivity contribution < 1.29 is 18.3 Å². The minimum atomic E-state index is -4.60. The number of nitrogens with one attached hydrogen (secondary N) is 2. The minimum absolute atomic E-state index is 0.0976. The number of para-hydroxylation sites is 1. The average Bonchev–Trinajstić information content (AvgIpc) is 2.69. The number of halogens is 4. The number of pyridine rings is 1. The smallest absolute Gasteiger partial charge is 0.394 e. The van der Waals surface area contributed by atoms with E-state index in [0.29, 0.717) is 11.3 Å². The van der Waals surface area contributed by atoms with Gasteiger partial charge in [-0.3, -0.25) is 4.98 Å². The van der Waals surface area contributed by atoms with Crippen molar-refractivity contribution in [1.29, 1.82) is 0 Å².